The van der Waals surface area contributed by atoms with Crippen LogP contribution in [-0.4, -0.2) is 24.1 Å². The number of carbonyl (C=O) groups excluding carboxylic acids is 1. The van der Waals surface area contributed by atoms with Crippen molar-refractivity contribution < 1.29 is 13.2 Å². The van der Waals surface area contributed by atoms with Crippen LogP contribution in [0.15, 0.2) is 46.9 Å². The maximum atomic E-state index is 12.6. The maximum Gasteiger partial charge on any atom is 0.271 e. The van der Waals surface area contributed by atoms with Crippen molar-refractivity contribution in [3.63, 3.8) is 0 Å². The molecule has 25 heavy (non-hydrogen) atoms. The normalized spacial score (nSPS) is 11.4. The van der Waals surface area contributed by atoms with E-state index in [4.69, 9.17) is 17.3 Å². The van der Waals surface area contributed by atoms with Crippen molar-refractivity contribution in [2.45, 2.75) is 11.1 Å². The summed E-state index contributed by atoms with van der Waals surface area (Å²) in [4.78, 5) is 11.5. The number of halogens is 1. The Balaban J connectivity index is 2.09. The lowest BCUT2D eigenvalue weighted by Gasteiger charge is -2.13. The van der Waals surface area contributed by atoms with E-state index >= 15 is 0 Å². The highest BCUT2D eigenvalue weighted by atomic mass is 35.5. The van der Waals surface area contributed by atoms with Crippen LogP contribution in [0.2, 0.25) is 4.34 Å². The molecular weight excluding hydrogens is 384 g/mol. The molecule has 130 valence electrons. The Bertz CT molecular complexity index is 1060. The molecule has 2 aromatic heterocycles. The molecule has 1 aromatic carbocycles. The van der Waals surface area contributed by atoms with Crippen LogP contribution in [0.1, 0.15) is 15.9 Å². The molecule has 0 saturated heterocycles. The lowest BCUT2D eigenvalue weighted by atomic mass is 10.1. The number of hydrogen-bond donors (Lipinski definition) is 2. The first-order valence-corrected chi connectivity index (χ1v) is 9.68. The van der Waals surface area contributed by atoms with E-state index in [1.165, 1.54) is 28.9 Å². The zero-order valence-corrected chi connectivity index (χ0v) is 15.3. The van der Waals surface area contributed by atoms with E-state index in [0.717, 1.165) is 16.9 Å². The summed E-state index contributed by atoms with van der Waals surface area (Å²) in [5, 5.41) is 4.18. The second-order valence-electron chi connectivity index (χ2n) is 5.22. The van der Waals surface area contributed by atoms with E-state index in [1.54, 1.807) is 18.5 Å². The molecule has 3 N–H and O–H groups in total. The molecule has 0 saturated carbocycles. The highest BCUT2D eigenvalue weighted by Gasteiger charge is 2.20. The van der Waals surface area contributed by atoms with E-state index in [-0.39, 0.29) is 15.5 Å². The number of hydrogen-bond acceptors (Lipinski definition) is 5. The second kappa shape index (κ2) is 6.51. The molecule has 0 unspecified atom stereocenters. The number of sulfonamides is 1. The number of nitrogens with one attached hydrogen (secondary N) is 1. The van der Waals surface area contributed by atoms with Crippen LogP contribution in [0.4, 0.5) is 5.69 Å². The number of amides is 1. The first-order chi connectivity index (χ1) is 11.8. The van der Waals surface area contributed by atoms with Crippen molar-refractivity contribution in [2.75, 3.05) is 4.72 Å². The molecule has 0 bridgehead atoms. The van der Waals surface area contributed by atoms with Crippen LogP contribution in [0.5, 0.6) is 0 Å². The van der Waals surface area contributed by atoms with E-state index in [2.05, 4.69) is 9.82 Å². The van der Waals surface area contributed by atoms with Crippen LogP contribution in [0.25, 0.3) is 5.69 Å². The fourth-order valence-corrected chi connectivity index (χ4v) is 4.70. The highest BCUT2D eigenvalue weighted by Crippen LogP contribution is 2.29. The summed E-state index contributed by atoms with van der Waals surface area (Å²) in [6, 6.07) is 7.37. The minimum atomic E-state index is -3.87. The van der Waals surface area contributed by atoms with Gasteiger partial charge in [0.1, 0.15) is 4.21 Å². The molecule has 10 heteroatoms. The third-order valence-electron chi connectivity index (χ3n) is 3.30. The van der Waals surface area contributed by atoms with Gasteiger partial charge in [0.05, 0.1) is 21.9 Å². The molecular formula is C15H13ClN4O3S2. The van der Waals surface area contributed by atoms with Crippen LogP contribution in [0, 0.1) is 6.92 Å². The maximum absolute atomic E-state index is 12.6. The smallest absolute Gasteiger partial charge is 0.271 e. The van der Waals surface area contributed by atoms with Gasteiger partial charge in [-0.05, 0) is 42.8 Å². The Kier molecular flexibility index (Phi) is 4.55. The predicted molar refractivity (Wildman–Crippen MR) is 97.0 cm³/mol. The van der Waals surface area contributed by atoms with E-state index in [0.29, 0.717) is 10.0 Å². The van der Waals surface area contributed by atoms with Gasteiger partial charge in [0.25, 0.3) is 10.0 Å². The zero-order valence-electron chi connectivity index (χ0n) is 12.9. The number of thiophene rings is 1. The van der Waals surface area contributed by atoms with E-state index < -0.39 is 15.9 Å². The fraction of sp³-hybridized carbons (Fsp3) is 0.0667. The van der Waals surface area contributed by atoms with Gasteiger partial charge in [0.2, 0.25) is 5.91 Å². The van der Waals surface area contributed by atoms with E-state index in [9.17, 15) is 13.2 Å². The minimum absolute atomic E-state index is 0.0598. The first-order valence-electron chi connectivity index (χ1n) is 7.00. The number of nitrogens with zero attached hydrogens (tertiary/aromatic N) is 2. The standard InChI is InChI=1S/C15H13ClN4O3S2/c1-9-7-18-20(8-9)12-3-2-10(15(17)21)6-11(12)19-25(22,23)14-5-4-13(16)24-14/h2-8,19H,1H3,(H2,17,21). The van der Waals surface area contributed by atoms with Crippen LogP contribution in [-0.2, 0) is 10.0 Å². The monoisotopic (exact) mass is 396 g/mol. The Morgan fingerprint density at radius 2 is 2.08 bits per heavy atom. The molecule has 0 aliphatic heterocycles. The number of aromatic nitrogens is 2. The van der Waals surface area contributed by atoms with Crippen LogP contribution in [0.3, 0.4) is 0 Å². The number of benzene rings is 1. The quantitative estimate of drug-likeness (QED) is 0.691. The molecule has 0 spiro atoms. The van der Waals surface area contributed by atoms with Gasteiger partial charge in [-0.1, -0.05) is 11.6 Å². The van der Waals surface area contributed by atoms with Gasteiger partial charge in [-0.2, -0.15) is 5.10 Å². The fourth-order valence-electron chi connectivity index (χ4n) is 2.15. The average Bonchev–Trinajstić information content (AvgIpc) is 3.16. The lowest BCUT2D eigenvalue weighted by molar-refractivity contribution is 0.100. The van der Waals surface area contributed by atoms with Gasteiger partial charge in [-0.25, -0.2) is 13.1 Å². The third-order valence-corrected chi connectivity index (χ3v) is 6.39. The summed E-state index contributed by atoms with van der Waals surface area (Å²) in [7, 11) is -3.87. The SMILES string of the molecule is Cc1cnn(-c2ccc(C(N)=O)cc2NS(=O)(=O)c2ccc(Cl)s2)c1. The molecule has 0 radical (unpaired) electrons. The van der Waals surface area contributed by atoms with E-state index in [1.807, 2.05) is 6.92 Å². The number of aryl methyl sites for hydroxylation is 1. The molecule has 3 aromatic rings. The van der Waals surface area contributed by atoms with Gasteiger partial charge < -0.3 is 5.73 Å². The summed E-state index contributed by atoms with van der Waals surface area (Å²) >= 11 is 6.75. The van der Waals surface area contributed by atoms with Crippen molar-refractivity contribution in [1.82, 2.24) is 9.78 Å². The summed E-state index contributed by atoms with van der Waals surface area (Å²) in [5.74, 6) is -0.664. The molecule has 3 rings (SSSR count). The van der Waals surface area contributed by atoms with Crippen molar-refractivity contribution in [1.29, 1.82) is 0 Å². The summed E-state index contributed by atoms with van der Waals surface area (Å²) < 4.78 is 29.6. The van der Waals surface area contributed by atoms with Gasteiger partial charge in [0.15, 0.2) is 0 Å². The summed E-state index contributed by atoms with van der Waals surface area (Å²) in [6.07, 6.45) is 3.37. The van der Waals surface area contributed by atoms with Gasteiger partial charge in [-0.15, -0.1) is 11.3 Å². The van der Waals surface area contributed by atoms with Gasteiger partial charge >= 0.3 is 0 Å². The van der Waals surface area contributed by atoms with Crippen molar-refractivity contribution in [3.05, 3.63) is 58.2 Å². The van der Waals surface area contributed by atoms with Gasteiger partial charge in [-0.3, -0.25) is 9.52 Å². The van der Waals surface area contributed by atoms with Crippen molar-refractivity contribution >= 4 is 44.6 Å². The highest BCUT2D eigenvalue weighted by molar-refractivity contribution is 7.94. The predicted octanol–water partition coefficient (Wildman–Crippen LogP) is 2.80. The van der Waals surface area contributed by atoms with Crippen LogP contribution < -0.4 is 10.5 Å². The topological polar surface area (TPSA) is 107 Å². The molecule has 0 atom stereocenters. The molecule has 0 fully saturated rings. The summed E-state index contributed by atoms with van der Waals surface area (Å²) in [6.45, 7) is 1.86. The Hall–Kier alpha value is -2.36. The third kappa shape index (κ3) is 3.68. The first kappa shape index (κ1) is 17.5. The number of rotatable bonds is 5. The molecule has 7 nitrogen and oxygen atoms in total. The van der Waals surface area contributed by atoms with Crippen LogP contribution >= 0.6 is 22.9 Å². The Morgan fingerprint density at radius 3 is 2.64 bits per heavy atom. The average molecular weight is 397 g/mol. The molecule has 2 heterocycles. The molecule has 0 aliphatic carbocycles. The Labute approximate surface area is 153 Å². The number of primary amides is 1. The Morgan fingerprint density at radius 1 is 1.32 bits per heavy atom. The summed E-state index contributed by atoms with van der Waals surface area (Å²) in [5.41, 5.74) is 7.02. The number of anilines is 1. The second-order valence-corrected chi connectivity index (χ2v) is 8.85. The lowest BCUT2D eigenvalue weighted by Crippen LogP contribution is -2.16. The number of nitrogens with two attached hydrogens (primary N) is 1. The van der Waals surface area contributed by atoms with Gasteiger partial charge in [0, 0.05) is 11.8 Å². The minimum Gasteiger partial charge on any atom is -0.366 e. The zero-order chi connectivity index (χ0) is 18.2. The van der Waals surface area contributed by atoms with Crippen molar-refractivity contribution in [3.8, 4) is 5.69 Å². The molecule has 0 aliphatic rings. The number of carbonyl (C=O) groups is 1. The largest absolute Gasteiger partial charge is 0.366 e. The molecule has 1 amide bonds. The van der Waals surface area contributed by atoms with Crippen molar-refractivity contribution in [2.24, 2.45) is 5.73 Å².